The number of anilines is 1. The van der Waals surface area contributed by atoms with Crippen molar-refractivity contribution < 1.29 is 0 Å². The Kier molecular flexibility index (Phi) is 5.70. The second-order valence-electron chi connectivity index (χ2n) is 5.76. The van der Waals surface area contributed by atoms with E-state index in [2.05, 4.69) is 51.5 Å². The standard InChI is InChI=1S/C16H24N4S/c1-12(2)7-17-8-14-5-6-16(18-9-14)20(4)10-15-11-21-13(3)19-15/h5-6,9,11-12,17H,7-8,10H2,1-4H3. The molecule has 0 aromatic carbocycles. The molecule has 4 nitrogen and oxygen atoms in total. The fourth-order valence-corrected chi connectivity index (χ4v) is 2.66. The molecule has 2 aromatic rings. The second kappa shape index (κ2) is 7.52. The van der Waals surface area contributed by atoms with Crippen LogP contribution in [0.3, 0.4) is 0 Å². The predicted molar refractivity (Wildman–Crippen MR) is 89.7 cm³/mol. The van der Waals surface area contributed by atoms with Crippen molar-refractivity contribution in [3.8, 4) is 0 Å². The smallest absolute Gasteiger partial charge is 0.128 e. The van der Waals surface area contributed by atoms with Gasteiger partial charge in [-0.3, -0.25) is 0 Å². The number of rotatable bonds is 7. The molecule has 0 radical (unpaired) electrons. The number of hydrogen-bond donors (Lipinski definition) is 1. The predicted octanol–water partition coefficient (Wildman–Crippen LogP) is 3.23. The van der Waals surface area contributed by atoms with Crippen LogP contribution in [-0.2, 0) is 13.1 Å². The zero-order valence-electron chi connectivity index (χ0n) is 13.3. The van der Waals surface area contributed by atoms with Crippen molar-refractivity contribution in [2.75, 3.05) is 18.5 Å². The summed E-state index contributed by atoms with van der Waals surface area (Å²) in [5, 5.41) is 6.65. The first-order chi connectivity index (χ1) is 10.0. The Morgan fingerprint density at radius 3 is 2.71 bits per heavy atom. The minimum absolute atomic E-state index is 0.671. The molecule has 0 fully saturated rings. The van der Waals surface area contributed by atoms with Crippen LogP contribution in [0.2, 0.25) is 0 Å². The first kappa shape index (κ1) is 15.9. The zero-order valence-corrected chi connectivity index (χ0v) is 14.1. The number of nitrogens with one attached hydrogen (secondary N) is 1. The van der Waals surface area contributed by atoms with E-state index < -0.39 is 0 Å². The quantitative estimate of drug-likeness (QED) is 0.852. The lowest BCUT2D eigenvalue weighted by molar-refractivity contribution is 0.552. The summed E-state index contributed by atoms with van der Waals surface area (Å²) in [5.41, 5.74) is 2.32. The number of nitrogens with zero attached hydrogens (tertiary/aromatic N) is 3. The Hall–Kier alpha value is -1.46. The lowest BCUT2D eigenvalue weighted by Gasteiger charge is -2.17. The van der Waals surface area contributed by atoms with Crippen molar-refractivity contribution in [1.82, 2.24) is 15.3 Å². The van der Waals surface area contributed by atoms with Crippen molar-refractivity contribution >= 4 is 17.2 Å². The van der Waals surface area contributed by atoms with Gasteiger partial charge in [0.2, 0.25) is 0 Å². The molecular weight excluding hydrogens is 280 g/mol. The number of pyridine rings is 1. The van der Waals surface area contributed by atoms with E-state index in [1.807, 2.05) is 20.2 Å². The van der Waals surface area contributed by atoms with Crippen molar-refractivity contribution in [3.05, 3.63) is 40.0 Å². The lowest BCUT2D eigenvalue weighted by atomic mass is 10.2. The van der Waals surface area contributed by atoms with Gasteiger partial charge in [-0.1, -0.05) is 19.9 Å². The molecule has 5 heteroatoms. The lowest BCUT2D eigenvalue weighted by Crippen LogP contribution is -2.20. The van der Waals surface area contributed by atoms with Crippen LogP contribution >= 0.6 is 11.3 Å². The molecular formula is C16H24N4S. The molecule has 1 N–H and O–H groups in total. The molecule has 2 heterocycles. The normalized spacial score (nSPS) is 11.1. The highest BCUT2D eigenvalue weighted by Crippen LogP contribution is 2.15. The monoisotopic (exact) mass is 304 g/mol. The van der Waals surface area contributed by atoms with Gasteiger partial charge in [0.1, 0.15) is 5.82 Å². The molecule has 0 atom stereocenters. The summed E-state index contributed by atoms with van der Waals surface area (Å²) in [7, 11) is 2.05. The average molecular weight is 304 g/mol. The molecule has 2 rings (SSSR count). The highest BCUT2D eigenvalue weighted by molar-refractivity contribution is 7.09. The molecule has 0 aliphatic carbocycles. The van der Waals surface area contributed by atoms with Gasteiger partial charge in [0, 0.05) is 25.2 Å². The molecule has 21 heavy (non-hydrogen) atoms. The highest BCUT2D eigenvalue weighted by Gasteiger charge is 2.06. The third-order valence-corrected chi connectivity index (χ3v) is 3.97. The van der Waals surface area contributed by atoms with Gasteiger partial charge in [-0.2, -0.15) is 0 Å². The Morgan fingerprint density at radius 2 is 2.14 bits per heavy atom. The van der Waals surface area contributed by atoms with Crippen LogP contribution in [0.25, 0.3) is 0 Å². The summed E-state index contributed by atoms with van der Waals surface area (Å²) in [6.07, 6.45) is 1.95. The van der Waals surface area contributed by atoms with E-state index in [0.717, 1.165) is 36.2 Å². The zero-order chi connectivity index (χ0) is 15.2. The molecule has 0 saturated carbocycles. The van der Waals surface area contributed by atoms with E-state index in [1.165, 1.54) is 5.56 Å². The molecule has 0 aliphatic rings. The minimum Gasteiger partial charge on any atom is -0.354 e. The summed E-state index contributed by atoms with van der Waals surface area (Å²) in [5.74, 6) is 1.65. The van der Waals surface area contributed by atoms with E-state index in [4.69, 9.17) is 0 Å². The molecule has 0 amide bonds. The maximum atomic E-state index is 4.54. The van der Waals surface area contributed by atoms with Gasteiger partial charge >= 0.3 is 0 Å². The largest absolute Gasteiger partial charge is 0.354 e. The molecule has 0 bridgehead atoms. The molecule has 0 spiro atoms. The molecule has 0 aliphatic heterocycles. The second-order valence-corrected chi connectivity index (χ2v) is 6.83. The summed E-state index contributed by atoms with van der Waals surface area (Å²) >= 11 is 1.69. The average Bonchev–Trinajstić information content (AvgIpc) is 2.84. The van der Waals surface area contributed by atoms with E-state index in [0.29, 0.717) is 5.92 Å². The summed E-state index contributed by atoms with van der Waals surface area (Å²) in [6.45, 7) is 9.16. The number of hydrogen-bond acceptors (Lipinski definition) is 5. The van der Waals surface area contributed by atoms with Gasteiger partial charge in [-0.15, -0.1) is 11.3 Å². The van der Waals surface area contributed by atoms with Crippen molar-refractivity contribution in [3.63, 3.8) is 0 Å². The fourth-order valence-electron chi connectivity index (χ4n) is 2.06. The van der Waals surface area contributed by atoms with Crippen LogP contribution in [0, 0.1) is 12.8 Å². The van der Waals surface area contributed by atoms with Gasteiger partial charge < -0.3 is 10.2 Å². The topological polar surface area (TPSA) is 41.1 Å². The fraction of sp³-hybridized carbons (Fsp3) is 0.500. The van der Waals surface area contributed by atoms with E-state index >= 15 is 0 Å². The van der Waals surface area contributed by atoms with Gasteiger partial charge in [0.25, 0.3) is 0 Å². The third kappa shape index (κ3) is 5.10. The minimum atomic E-state index is 0.671. The van der Waals surface area contributed by atoms with E-state index in [1.54, 1.807) is 11.3 Å². The maximum Gasteiger partial charge on any atom is 0.128 e. The SMILES string of the molecule is Cc1nc(CN(C)c2ccc(CNCC(C)C)cn2)cs1. The van der Waals surface area contributed by atoms with Crippen molar-refractivity contribution in [2.45, 2.75) is 33.9 Å². The van der Waals surface area contributed by atoms with Crippen molar-refractivity contribution in [1.29, 1.82) is 0 Å². The van der Waals surface area contributed by atoms with Crippen LogP contribution < -0.4 is 10.2 Å². The Morgan fingerprint density at radius 1 is 1.33 bits per heavy atom. The van der Waals surface area contributed by atoms with Gasteiger partial charge in [0.05, 0.1) is 17.2 Å². The van der Waals surface area contributed by atoms with Crippen LogP contribution in [0.5, 0.6) is 0 Å². The summed E-state index contributed by atoms with van der Waals surface area (Å²) < 4.78 is 0. The van der Waals surface area contributed by atoms with Crippen LogP contribution in [-0.4, -0.2) is 23.6 Å². The first-order valence-corrected chi connectivity index (χ1v) is 8.20. The molecule has 0 saturated heterocycles. The number of aryl methyl sites for hydroxylation is 1. The van der Waals surface area contributed by atoms with Gasteiger partial charge in [-0.25, -0.2) is 9.97 Å². The van der Waals surface area contributed by atoms with E-state index in [9.17, 15) is 0 Å². The third-order valence-electron chi connectivity index (χ3n) is 3.15. The van der Waals surface area contributed by atoms with Crippen LogP contribution in [0.4, 0.5) is 5.82 Å². The Labute approximate surface area is 131 Å². The first-order valence-electron chi connectivity index (χ1n) is 7.32. The summed E-state index contributed by atoms with van der Waals surface area (Å²) in [6, 6.07) is 4.21. The van der Waals surface area contributed by atoms with Crippen LogP contribution in [0.1, 0.15) is 30.1 Å². The maximum absolute atomic E-state index is 4.54. The molecule has 114 valence electrons. The van der Waals surface area contributed by atoms with E-state index in [-0.39, 0.29) is 0 Å². The Bertz CT molecular complexity index is 548. The van der Waals surface area contributed by atoms with Crippen molar-refractivity contribution in [2.24, 2.45) is 5.92 Å². The number of aromatic nitrogens is 2. The number of thiazole rings is 1. The highest BCUT2D eigenvalue weighted by atomic mass is 32.1. The van der Waals surface area contributed by atoms with Gasteiger partial charge in [0.15, 0.2) is 0 Å². The van der Waals surface area contributed by atoms with Crippen LogP contribution in [0.15, 0.2) is 23.7 Å². The van der Waals surface area contributed by atoms with Gasteiger partial charge in [-0.05, 0) is 31.0 Å². The molecule has 2 aromatic heterocycles. The molecule has 0 unspecified atom stereocenters. The Balaban J connectivity index is 1.88. The summed E-state index contributed by atoms with van der Waals surface area (Å²) in [4.78, 5) is 11.2.